The van der Waals surface area contributed by atoms with Gasteiger partial charge in [-0.15, -0.1) is 0 Å². The molecule has 2 heterocycles. The van der Waals surface area contributed by atoms with E-state index in [0.29, 0.717) is 0 Å². The number of nitrogens with two attached hydrogens (primary N) is 1. The second-order valence-electron chi connectivity index (χ2n) is 5.78. The Kier molecular flexibility index (Phi) is 3.32. The second kappa shape index (κ2) is 4.95. The Morgan fingerprint density at radius 2 is 2.00 bits per heavy atom. The van der Waals surface area contributed by atoms with Gasteiger partial charge in [0.05, 0.1) is 12.6 Å². The lowest BCUT2D eigenvalue weighted by Gasteiger charge is -2.50. The van der Waals surface area contributed by atoms with Gasteiger partial charge in [-0.25, -0.2) is 8.78 Å². The minimum Gasteiger partial charge on any atom is -0.364 e. The SMILES string of the molecule is Cc1ccc(N2C=C(C(N)=O)NC2N2CC(F)(F)C2C)cc1. The van der Waals surface area contributed by atoms with E-state index in [1.54, 1.807) is 16.0 Å². The lowest BCUT2D eigenvalue weighted by atomic mass is 10.0. The topological polar surface area (TPSA) is 61.6 Å². The summed E-state index contributed by atoms with van der Waals surface area (Å²) in [6, 6.07) is 6.71. The van der Waals surface area contributed by atoms with Crippen molar-refractivity contribution >= 4 is 11.6 Å². The molecule has 0 aromatic heterocycles. The van der Waals surface area contributed by atoms with Crippen LogP contribution in [-0.4, -0.2) is 35.6 Å². The predicted molar refractivity (Wildman–Crippen MR) is 79.0 cm³/mol. The van der Waals surface area contributed by atoms with Gasteiger partial charge < -0.3 is 16.0 Å². The molecule has 2 aliphatic heterocycles. The summed E-state index contributed by atoms with van der Waals surface area (Å²) in [5, 5.41) is 2.93. The molecule has 3 N–H and O–H groups in total. The largest absolute Gasteiger partial charge is 0.364 e. The number of nitrogens with one attached hydrogen (secondary N) is 1. The number of hydrogen-bond acceptors (Lipinski definition) is 4. The van der Waals surface area contributed by atoms with Gasteiger partial charge in [0, 0.05) is 11.9 Å². The van der Waals surface area contributed by atoms with Gasteiger partial charge in [-0.05, 0) is 26.0 Å². The summed E-state index contributed by atoms with van der Waals surface area (Å²) in [5.41, 5.74) is 7.42. The molecule has 22 heavy (non-hydrogen) atoms. The molecule has 1 aromatic rings. The Hall–Kier alpha value is -2.15. The fourth-order valence-electron chi connectivity index (χ4n) is 2.71. The Morgan fingerprint density at radius 3 is 2.50 bits per heavy atom. The van der Waals surface area contributed by atoms with E-state index < -0.39 is 24.2 Å². The lowest BCUT2D eigenvalue weighted by Crippen LogP contribution is -2.71. The highest BCUT2D eigenvalue weighted by molar-refractivity contribution is 5.92. The van der Waals surface area contributed by atoms with Gasteiger partial charge in [0.2, 0.25) is 0 Å². The van der Waals surface area contributed by atoms with Crippen LogP contribution in [0.4, 0.5) is 14.5 Å². The van der Waals surface area contributed by atoms with Crippen molar-refractivity contribution in [3.8, 4) is 0 Å². The number of benzene rings is 1. The molecule has 5 nitrogen and oxygen atoms in total. The number of aryl methyl sites for hydroxylation is 1. The number of halogens is 2. The summed E-state index contributed by atoms with van der Waals surface area (Å²) in [6.07, 6.45) is 1.03. The molecule has 2 atom stereocenters. The number of alkyl halides is 2. The van der Waals surface area contributed by atoms with Gasteiger partial charge in [-0.1, -0.05) is 17.7 Å². The van der Waals surface area contributed by atoms with Gasteiger partial charge in [0.1, 0.15) is 5.70 Å². The van der Waals surface area contributed by atoms with Crippen LogP contribution in [0.2, 0.25) is 0 Å². The Labute approximate surface area is 127 Å². The van der Waals surface area contributed by atoms with Crippen LogP contribution in [0.3, 0.4) is 0 Å². The minimum atomic E-state index is -2.71. The molecular formula is C15H18F2N4O. The summed E-state index contributed by atoms with van der Waals surface area (Å²) < 4.78 is 27.0. The van der Waals surface area contributed by atoms with Crippen molar-refractivity contribution < 1.29 is 13.6 Å². The van der Waals surface area contributed by atoms with Crippen LogP contribution in [0.1, 0.15) is 12.5 Å². The van der Waals surface area contributed by atoms with Crippen LogP contribution in [0.5, 0.6) is 0 Å². The highest BCUT2D eigenvalue weighted by Crippen LogP contribution is 2.38. The molecule has 2 aliphatic rings. The second-order valence-corrected chi connectivity index (χ2v) is 5.78. The van der Waals surface area contributed by atoms with E-state index in [4.69, 9.17) is 5.73 Å². The number of rotatable bonds is 3. The Balaban J connectivity index is 1.89. The fraction of sp³-hybridized carbons (Fsp3) is 0.400. The van der Waals surface area contributed by atoms with Gasteiger partial charge in [0.25, 0.3) is 11.8 Å². The van der Waals surface area contributed by atoms with E-state index in [9.17, 15) is 13.6 Å². The van der Waals surface area contributed by atoms with Crippen molar-refractivity contribution in [1.29, 1.82) is 0 Å². The van der Waals surface area contributed by atoms with E-state index in [1.165, 1.54) is 6.92 Å². The van der Waals surface area contributed by atoms with Crippen LogP contribution < -0.4 is 16.0 Å². The van der Waals surface area contributed by atoms with Crippen molar-refractivity contribution in [3.63, 3.8) is 0 Å². The van der Waals surface area contributed by atoms with Crippen molar-refractivity contribution in [3.05, 3.63) is 41.7 Å². The number of carbonyl (C=O) groups excluding carboxylic acids is 1. The highest BCUT2D eigenvalue weighted by Gasteiger charge is 2.56. The number of carbonyl (C=O) groups is 1. The first-order chi connectivity index (χ1) is 10.3. The molecule has 0 radical (unpaired) electrons. The standard InChI is InChI=1S/C15H18F2N4O/c1-9-3-5-11(6-4-9)20-7-12(13(18)22)19-14(20)21-8-15(16,17)10(21)2/h3-7,10,14,19H,8H2,1-2H3,(H2,18,22). The van der Waals surface area contributed by atoms with Crippen molar-refractivity contribution in [1.82, 2.24) is 10.2 Å². The van der Waals surface area contributed by atoms with E-state index in [2.05, 4.69) is 5.32 Å². The molecule has 118 valence electrons. The van der Waals surface area contributed by atoms with Gasteiger partial charge in [0.15, 0.2) is 6.29 Å². The summed E-state index contributed by atoms with van der Waals surface area (Å²) in [6.45, 7) is 3.08. The molecule has 3 rings (SSSR count). The summed E-state index contributed by atoms with van der Waals surface area (Å²) in [5.74, 6) is -3.32. The number of anilines is 1. The molecule has 2 unspecified atom stereocenters. The van der Waals surface area contributed by atoms with E-state index >= 15 is 0 Å². The van der Waals surface area contributed by atoms with Crippen molar-refractivity contribution in [2.75, 3.05) is 11.4 Å². The number of primary amides is 1. The van der Waals surface area contributed by atoms with Gasteiger partial charge in [-0.3, -0.25) is 9.69 Å². The fourth-order valence-corrected chi connectivity index (χ4v) is 2.71. The quantitative estimate of drug-likeness (QED) is 0.885. The number of hydrogen-bond donors (Lipinski definition) is 2. The molecule has 1 aromatic carbocycles. The minimum absolute atomic E-state index is 0.216. The van der Waals surface area contributed by atoms with Crippen molar-refractivity contribution in [2.24, 2.45) is 5.73 Å². The van der Waals surface area contributed by atoms with E-state index in [0.717, 1.165) is 11.3 Å². The Morgan fingerprint density at radius 1 is 1.36 bits per heavy atom. The smallest absolute Gasteiger partial charge is 0.275 e. The average Bonchev–Trinajstić information content (AvgIpc) is 2.90. The molecule has 7 heteroatoms. The van der Waals surface area contributed by atoms with Gasteiger partial charge >= 0.3 is 0 Å². The average molecular weight is 308 g/mol. The number of amides is 1. The number of nitrogens with zero attached hydrogens (tertiary/aromatic N) is 2. The van der Waals surface area contributed by atoms with E-state index in [1.807, 2.05) is 31.2 Å². The summed E-state index contributed by atoms with van der Waals surface area (Å²) in [7, 11) is 0. The third-order valence-electron chi connectivity index (χ3n) is 4.23. The first-order valence-electron chi connectivity index (χ1n) is 7.06. The lowest BCUT2D eigenvalue weighted by molar-refractivity contribution is -0.192. The van der Waals surface area contributed by atoms with Crippen molar-refractivity contribution in [2.45, 2.75) is 32.1 Å². The molecule has 0 saturated carbocycles. The number of likely N-dealkylation sites (tertiary alicyclic amines) is 1. The zero-order valence-corrected chi connectivity index (χ0v) is 12.4. The van der Waals surface area contributed by atoms with Crippen LogP contribution >= 0.6 is 0 Å². The molecular weight excluding hydrogens is 290 g/mol. The summed E-state index contributed by atoms with van der Waals surface area (Å²) >= 11 is 0. The first-order valence-corrected chi connectivity index (χ1v) is 7.06. The highest BCUT2D eigenvalue weighted by atomic mass is 19.3. The van der Waals surface area contributed by atoms with Crippen LogP contribution in [0.25, 0.3) is 0 Å². The predicted octanol–water partition coefficient (Wildman–Crippen LogP) is 1.35. The van der Waals surface area contributed by atoms with Crippen LogP contribution in [0.15, 0.2) is 36.2 Å². The van der Waals surface area contributed by atoms with Crippen LogP contribution in [-0.2, 0) is 4.79 Å². The first kappa shape index (κ1) is 14.8. The Bertz CT molecular complexity index is 629. The zero-order valence-electron chi connectivity index (χ0n) is 12.4. The maximum absolute atomic E-state index is 13.5. The third-order valence-corrected chi connectivity index (χ3v) is 4.23. The zero-order chi connectivity index (χ0) is 16.1. The monoisotopic (exact) mass is 308 g/mol. The normalized spacial score (nSPS) is 27.1. The van der Waals surface area contributed by atoms with Crippen LogP contribution in [0, 0.1) is 6.92 Å². The molecule has 0 bridgehead atoms. The van der Waals surface area contributed by atoms with E-state index in [-0.39, 0.29) is 12.2 Å². The maximum Gasteiger partial charge on any atom is 0.275 e. The molecule has 1 fully saturated rings. The summed E-state index contributed by atoms with van der Waals surface area (Å²) in [4.78, 5) is 14.8. The maximum atomic E-state index is 13.5. The molecule has 0 spiro atoms. The molecule has 0 aliphatic carbocycles. The molecule has 1 amide bonds. The molecule has 1 saturated heterocycles. The van der Waals surface area contributed by atoms with Gasteiger partial charge in [-0.2, -0.15) is 0 Å². The third kappa shape index (κ3) is 2.31.